The van der Waals surface area contributed by atoms with E-state index in [9.17, 15) is 14.6 Å². The van der Waals surface area contributed by atoms with Crippen molar-refractivity contribution in [3.63, 3.8) is 0 Å². The van der Waals surface area contributed by atoms with Crippen LogP contribution in [0, 0.1) is 17.7 Å². The molecule has 4 unspecified atom stereocenters. The Morgan fingerprint density at radius 2 is 1.07 bits per heavy atom. The van der Waals surface area contributed by atoms with Crippen molar-refractivity contribution in [1.82, 2.24) is 19.6 Å². The van der Waals surface area contributed by atoms with E-state index < -0.39 is 11.2 Å². The molecule has 2 aromatic rings. The zero-order chi connectivity index (χ0) is 41.1. The maximum absolute atomic E-state index is 13.8. The van der Waals surface area contributed by atoms with Gasteiger partial charge in [-0.1, -0.05) is 133 Å². The largest absolute Gasteiger partial charge is 0.496 e. The minimum atomic E-state index is -0.810. The minimum absolute atomic E-state index is 0.199. The van der Waals surface area contributed by atoms with E-state index in [0.29, 0.717) is 6.42 Å². The van der Waals surface area contributed by atoms with E-state index in [0.717, 1.165) is 121 Å². The first kappa shape index (κ1) is 47.0. The van der Waals surface area contributed by atoms with Gasteiger partial charge < -0.3 is 34.5 Å². The molecule has 2 saturated carbocycles. The zero-order valence-electron chi connectivity index (χ0n) is 37.2. The molecule has 0 aromatic heterocycles. The Kier molecular flexibility index (Phi) is 20.3. The minimum Gasteiger partial charge on any atom is -0.496 e. The SMILES string of the molecule is CN1CCN(CC2CCCCCCCCCCC2(O)Cc2cccc(F)c2)CC1.COc1ccccc1C1(O)CCCCCCCCCCC1CN1CCN(C)CC1. The van der Waals surface area contributed by atoms with Gasteiger partial charge in [-0.25, -0.2) is 4.39 Å². The van der Waals surface area contributed by atoms with Crippen LogP contribution in [-0.2, 0) is 12.0 Å². The Morgan fingerprint density at radius 3 is 1.62 bits per heavy atom. The van der Waals surface area contributed by atoms with Gasteiger partial charge in [-0.15, -0.1) is 0 Å². The van der Waals surface area contributed by atoms with Crippen molar-refractivity contribution in [3.05, 3.63) is 65.5 Å². The Bertz CT molecular complexity index is 1410. The number of nitrogens with zero attached hydrogens (tertiary/aromatic N) is 4. The summed E-state index contributed by atoms with van der Waals surface area (Å²) in [6.45, 7) is 10.8. The summed E-state index contributed by atoms with van der Waals surface area (Å²) >= 11 is 0. The molecule has 7 nitrogen and oxygen atoms in total. The summed E-state index contributed by atoms with van der Waals surface area (Å²) in [7, 11) is 6.12. The Hall–Kier alpha value is -2.07. The van der Waals surface area contributed by atoms with Crippen LogP contribution in [0.25, 0.3) is 0 Å². The lowest BCUT2D eigenvalue weighted by Crippen LogP contribution is -2.51. The lowest BCUT2D eigenvalue weighted by molar-refractivity contribution is -0.0555. The summed E-state index contributed by atoms with van der Waals surface area (Å²) in [4.78, 5) is 9.92. The fourth-order valence-corrected chi connectivity index (χ4v) is 10.4. The van der Waals surface area contributed by atoms with E-state index in [-0.39, 0.29) is 17.7 Å². The van der Waals surface area contributed by atoms with Crippen molar-refractivity contribution in [2.75, 3.05) is 86.7 Å². The van der Waals surface area contributed by atoms with Crippen molar-refractivity contribution in [3.8, 4) is 5.75 Å². The number of hydrogen-bond acceptors (Lipinski definition) is 7. The van der Waals surface area contributed by atoms with E-state index in [1.54, 1.807) is 19.2 Å². The molecule has 58 heavy (non-hydrogen) atoms. The van der Waals surface area contributed by atoms with Gasteiger partial charge in [0.25, 0.3) is 0 Å². The molecule has 4 aliphatic rings. The number of aliphatic hydroxyl groups is 2. The summed E-state index contributed by atoms with van der Waals surface area (Å²) in [6.07, 6.45) is 24.6. The predicted molar refractivity (Wildman–Crippen MR) is 239 cm³/mol. The molecular formula is C50H83FN4O3. The normalized spacial score (nSPS) is 29.1. The molecular weight excluding hydrogens is 724 g/mol. The number of ether oxygens (including phenoxy) is 1. The van der Waals surface area contributed by atoms with Crippen LogP contribution in [0.15, 0.2) is 48.5 Å². The van der Waals surface area contributed by atoms with Crippen LogP contribution < -0.4 is 4.74 Å². The van der Waals surface area contributed by atoms with Crippen LogP contribution >= 0.6 is 0 Å². The molecule has 0 spiro atoms. The number of piperazine rings is 2. The maximum Gasteiger partial charge on any atom is 0.124 e. The lowest BCUT2D eigenvalue weighted by atomic mass is 9.74. The second-order valence-corrected chi connectivity index (χ2v) is 18.9. The number of likely N-dealkylation sites (N-methyl/N-ethyl adjacent to an activating group) is 2. The molecule has 2 N–H and O–H groups in total. The topological polar surface area (TPSA) is 62.7 Å². The van der Waals surface area contributed by atoms with Crippen molar-refractivity contribution >= 4 is 0 Å². The summed E-state index contributed by atoms with van der Waals surface area (Å²) in [6, 6.07) is 15.0. The second-order valence-electron chi connectivity index (χ2n) is 18.9. The summed E-state index contributed by atoms with van der Waals surface area (Å²) in [5.41, 5.74) is 0.382. The molecule has 6 rings (SSSR count). The molecule has 4 fully saturated rings. The van der Waals surface area contributed by atoms with Crippen molar-refractivity contribution < 1.29 is 19.3 Å². The number of benzene rings is 2. The average molecular weight is 807 g/mol. The van der Waals surface area contributed by atoms with Crippen molar-refractivity contribution in [1.29, 1.82) is 0 Å². The quantitative estimate of drug-likeness (QED) is 0.276. The van der Waals surface area contributed by atoms with Gasteiger partial charge in [0, 0.05) is 89.3 Å². The highest BCUT2D eigenvalue weighted by molar-refractivity contribution is 5.38. The average Bonchev–Trinajstić information content (AvgIpc) is 3.22. The molecule has 8 heteroatoms. The fourth-order valence-electron chi connectivity index (χ4n) is 10.4. The Morgan fingerprint density at radius 1 is 0.586 bits per heavy atom. The highest BCUT2D eigenvalue weighted by atomic mass is 19.1. The molecule has 4 atom stereocenters. The van der Waals surface area contributed by atoms with Gasteiger partial charge in [0.15, 0.2) is 0 Å². The van der Waals surface area contributed by atoms with Crippen molar-refractivity contribution in [2.45, 2.75) is 146 Å². The smallest absolute Gasteiger partial charge is 0.124 e. The molecule has 0 amide bonds. The number of methoxy groups -OCH3 is 1. The lowest BCUT2D eigenvalue weighted by Gasteiger charge is -2.42. The van der Waals surface area contributed by atoms with E-state index in [1.165, 1.54) is 96.0 Å². The number of para-hydroxylation sites is 1. The molecule has 2 saturated heterocycles. The summed E-state index contributed by atoms with van der Waals surface area (Å²) < 4.78 is 19.5. The fraction of sp³-hybridized carbons (Fsp3) is 0.760. The van der Waals surface area contributed by atoms with Gasteiger partial charge in [-0.3, -0.25) is 0 Å². The Balaban J connectivity index is 0.000000221. The van der Waals surface area contributed by atoms with Gasteiger partial charge >= 0.3 is 0 Å². The van der Waals surface area contributed by atoms with Gasteiger partial charge in [0.1, 0.15) is 11.6 Å². The number of rotatable bonds is 8. The van der Waals surface area contributed by atoms with Crippen LogP contribution in [0.5, 0.6) is 5.75 Å². The number of halogens is 1. The monoisotopic (exact) mass is 807 g/mol. The van der Waals surface area contributed by atoms with E-state index >= 15 is 0 Å². The van der Waals surface area contributed by atoms with Gasteiger partial charge in [0.05, 0.1) is 18.3 Å². The van der Waals surface area contributed by atoms with Crippen molar-refractivity contribution in [2.24, 2.45) is 11.8 Å². The maximum atomic E-state index is 13.8. The van der Waals surface area contributed by atoms with Gasteiger partial charge in [-0.2, -0.15) is 0 Å². The van der Waals surface area contributed by atoms with Crippen LogP contribution in [0.3, 0.4) is 0 Å². The third-order valence-corrected chi connectivity index (χ3v) is 14.3. The first-order valence-corrected chi connectivity index (χ1v) is 23.8. The highest BCUT2D eigenvalue weighted by Crippen LogP contribution is 2.43. The van der Waals surface area contributed by atoms with E-state index in [1.807, 2.05) is 18.2 Å². The van der Waals surface area contributed by atoms with Crippen LogP contribution in [0.1, 0.15) is 140 Å². The summed E-state index contributed by atoms with van der Waals surface area (Å²) in [5, 5.41) is 24.2. The zero-order valence-corrected chi connectivity index (χ0v) is 37.2. The Labute approximate surface area is 353 Å². The van der Waals surface area contributed by atoms with Crippen LogP contribution in [-0.4, -0.2) is 122 Å². The van der Waals surface area contributed by atoms with Gasteiger partial charge in [-0.05, 0) is 63.5 Å². The van der Waals surface area contributed by atoms with Crippen LogP contribution in [0.4, 0.5) is 4.39 Å². The third-order valence-electron chi connectivity index (χ3n) is 14.3. The molecule has 2 heterocycles. The summed E-state index contributed by atoms with van der Waals surface area (Å²) in [5.74, 6) is 1.15. The van der Waals surface area contributed by atoms with Crippen LogP contribution in [0.2, 0.25) is 0 Å². The first-order chi connectivity index (χ1) is 28.2. The van der Waals surface area contributed by atoms with E-state index in [2.05, 4.69) is 45.8 Å². The standard InChI is InChI=1S/C25H41FN2O.C25H42N2O2/c1-27-15-17-28(18-16-27)21-23-12-8-6-4-2-3-5-7-9-14-25(23,29)20-22-11-10-13-24(26)19-22;1-26-17-19-27(20-18-26)21-22-13-9-7-5-3-4-6-8-12-16-25(22,28)23-14-10-11-15-24(23)29-2/h10-11,13,19,23,29H,2-9,12,14-18,20-21H2,1H3;10-11,14-15,22,28H,3-9,12-13,16-21H2,1-2H3. The molecule has 0 bridgehead atoms. The van der Waals surface area contributed by atoms with Gasteiger partial charge in [0.2, 0.25) is 0 Å². The molecule has 0 radical (unpaired) electrons. The molecule has 2 aliphatic carbocycles. The molecule has 328 valence electrons. The predicted octanol–water partition coefficient (Wildman–Crippen LogP) is 9.54. The first-order valence-electron chi connectivity index (χ1n) is 23.8. The molecule has 2 aromatic carbocycles. The second kappa shape index (κ2) is 25.0. The number of hydrogen-bond donors (Lipinski definition) is 2. The van der Waals surface area contributed by atoms with E-state index in [4.69, 9.17) is 4.74 Å². The third kappa shape index (κ3) is 15.1. The molecule has 2 aliphatic heterocycles. The highest BCUT2D eigenvalue weighted by Gasteiger charge is 2.41.